The minimum atomic E-state index is 0.0469. The Kier molecular flexibility index (Phi) is 6.47. The molecule has 5 heteroatoms. The van der Waals surface area contributed by atoms with Crippen molar-refractivity contribution in [2.75, 3.05) is 13.7 Å². The molecule has 0 spiro atoms. The standard InChI is InChI=1S/C21H26N2O3/c1-25-18-9-7-17(8-10-18)19-15-23-21(26-19)12-11-20(24)22-14-13-16-5-3-2-4-6-16/h5,7-10,15H,2-4,6,11-14H2,1H3,(H,22,24). The third kappa shape index (κ3) is 5.22. The first-order valence-electron chi connectivity index (χ1n) is 9.28. The van der Waals surface area contributed by atoms with Crippen molar-refractivity contribution in [2.45, 2.75) is 44.9 Å². The number of ether oxygens (including phenoxy) is 1. The van der Waals surface area contributed by atoms with Gasteiger partial charge in [-0.2, -0.15) is 0 Å². The van der Waals surface area contributed by atoms with Gasteiger partial charge in [-0.3, -0.25) is 4.79 Å². The van der Waals surface area contributed by atoms with Crippen molar-refractivity contribution in [3.63, 3.8) is 0 Å². The number of nitrogens with zero attached hydrogens (tertiary/aromatic N) is 1. The molecule has 3 rings (SSSR count). The van der Waals surface area contributed by atoms with Gasteiger partial charge in [0.2, 0.25) is 5.91 Å². The summed E-state index contributed by atoms with van der Waals surface area (Å²) in [6.45, 7) is 0.716. The summed E-state index contributed by atoms with van der Waals surface area (Å²) in [5, 5.41) is 2.99. The number of rotatable bonds is 8. The Bertz CT molecular complexity index is 747. The molecular weight excluding hydrogens is 328 g/mol. The Morgan fingerprint density at radius 3 is 2.81 bits per heavy atom. The number of aromatic nitrogens is 1. The molecular formula is C21H26N2O3. The maximum atomic E-state index is 12.0. The maximum absolute atomic E-state index is 12.0. The molecule has 0 aliphatic heterocycles. The third-order valence-corrected chi connectivity index (χ3v) is 4.65. The first kappa shape index (κ1) is 18.2. The molecule has 5 nitrogen and oxygen atoms in total. The number of nitrogens with one attached hydrogen (secondary N) is 1. The van der Waals surface area contributed by atoms with Gasteiger partial charge in [-0.1, -0.05) is 11.6 Å². The molecule has 2 aromatic rings. The first-order chi connectivity index (χ1) is 12.7. The lowest BCUT2D eigenvalue weighted by Crippen LogP contribution is -2.25. The lowest BCUT2D eigenvalue weighted by Gasteiger charge is -2.12. The van der Waals surface area contributed by atoms with E-state index in [1.165, 1.54) is 31.3 Å². The number of hydrogen-bond acceptors (Lipinski definition) is 4. The molecule has 0 saturated carbocycles. The molecule has 0 radical (unpaired) electrons. The van der Waals surface area contributed by atoms with Crippen molar-refractivity contribution in [2.24, 2.45) is 0 Å². The number of hydrogen-bond donors (Lipinski definition) is 1. The minimum Gasteiger partial charge on any atom is -0.497 e. The van der Waals surface area contributed by atoms with Crippen LogP contribution in [0.4, 0.5) is 0 Å². The fourth-order valence-corrected chi connectivity index (χ4v) is 3.12. The molecule has 1 amide bonds. The molecule has 0 atom stereocenters. The third-order valence-electron chi connectivity index (χ3n) is 4.65. The highest BCUT2D eigenvalue weighted by atomic mass is 16.5. The van der Waals surface area contributed by atoms with Crippen LogP contribution in [0.25, 0.3) is 11.3 Å². The molecule has 0 unspecified atom stereocenters. The van der Waals surface area contributed by atoms with E-state index in [-0.39, 0.29) is 5.91 Å². The average molecular weight is 354 g/mol. The Morgan fingerprint density at radius 2 is 2.08 bits per heavy atom. The smallest absolute Gasteiger partial charge is 0.220 e. The van der Waals surface area contributed by atoms with Gasteiger partial charge < -0.3 is 14.5 Å². The van der Waals surface area contributed by atoms with Crippen molar-refractivity contribution in [1.82, 2.24) is 10.3 Å². The molecule has 1 aromatic carbocycles. The summed E-state index contributed by atoms with van der Waals surface area (Å²) in [6.07, 6.45) is 10.8. The molecule has 0 fully saturated rings. The molecule has 26 heavy (non-hydrogen) atoms. The van der Waals surface area contributed by atoms with Crippen LogP contribution in [-0.4, -0.2) is 24.5 Å². The monoisotopic (exact) mass is 354 g/mol. The van der Waals surface area contributed by atoms with Crippen LogP contribution in [0.3, 0.4) is 0 Å². The molecule has 1 aliphatic carbocycles. The largest absolute Gasteiger partial charge is 0.497 e. The zero-order valence-corrected chi connectivity index (χ0v) is 15.3. The number of carbonyl (C=O) groups excluding carboxylic acids is 1. The van der Waals surface area contributed by atoms with E-state index in [0.29, 0.717) is 31.0 Å². The summed E-state index contributed by atoms with van der Waals surface area (Å²) in [5.41, 5.74) is 2.42. The highest BCUT2D eigenvalue weighted by molar-refractivity contribution is 5.76. The summed E-state index contributed by atoms with van der Waals surface area (Å²) in [4.78, 5) is 16.3. The Morgan fingerprint density at radius 1 is 1.23 bits per heavy atom. The van der Waals surface area contributed by atoms with Gasteiger partial charge in [0.15, 0.2) is 11.7 Å². The van der Waals surface area contributed by atoms with Crippen molar-refractivity contribution in [3.05, 3.63) is 48.0 Å². The van der Waals surface area contributed by atoms with Crippen LogP contribution in [0.2, 0.25) is 0 Å². The second-order valence-corrected chi connectivity index (χ2v) is 6.55. The zero-order valence-electron chi connectivity index (χ0n) is 15.3. The number of amides is 1. The topological polar surface area (TPSA) is 64.4 Å². The lowest BCUT2D eigenvalue weighted by atomic mass is 9.97. The maximum Gasteiger partial charge on any atom is 0.220 e. The van der Waals surface area contributed by atoms with Crippen LogP contribution in [0, 0.1) is 0 Å². The van der Waals surface area contributed by atoms with Crippen molar-refractivity contribution < 1.29 is 13.9 Å². The summed E-state index contributed by atoms with van der Waals surface area (Å²) >= 11 is 0. The first-order valence-corrected chi connectivity index (χ1v) is 9.28. The van der Waals surface area contributed by atoms with Crippen LogP contribution in [0.5, 0.6) is 5.75 Å². The van der Waals surface area contributed by atoms with Gasteiger partial charge in [0.25, 0.3) is 0 Å². The van der Waals surface area contributed by atoms with E-state index in [4.69, 9.17) is 9.15 Å². The van der Waals surface area contributed by atoms with Crippen molar-refractivity contribution in [1.29, 1.82) is 0 Å². The number of benzene rings is 1. The van der Waals surface area contributed by atoms with Gasteiger partial charge in [-0.15, -0.1) is 0 Å². The van der Waals surface area contributed by atoms with E-state index in [2.05, 4.69) is 16.4 Å². The van der Waals surface area contributed by atoms with Crippen LogP contribution in [0.1, 0.15) is 44.4 Å². The summed E-state index contributed by atoms with van der Waals surface area (Å²) in [6, 6.07) is 7.62. The van der Waals surface area contributed by atoms with Gasteiger partial charge in [0.1, 0.15) is 5.75 Å². The normalized spacial score (nSPS) is 14.0. The van der Waals surface area contributed by atoms with Gasteiger partial charge in [0, 0.05) is 24.9 Å². The average Bonchev–Trinajstić information content (AvgIpc) is 3.16. The SMILES string of the molecule is COc1ccc(-c2cnc(CCC(=O)NCCC3=CCCCC3)o2)cc1. The van der Waals surface area contributed by atoms with Crippen molar-refractivity contribution >= 4 is 5.91 Å². The predicted molar refractivity (Wildman–Crippen MR) is 101 cm³/mol. The van der Waals surface area contributed by atoms with E-state index in [1.807, 2.05) is 24.3 Å². The number of methoxy groups -OCH3 is 1. The molecule has 1 heterocycles. The predicted octanol–water partition coefficient (Wildman–Crippen LogP) is 4.29. The Labute approximate surface area is 154 Å². The van der Waals surface area contributed by atoms with Crippen LogP contribution >= 0.6 is 0 Å². The van der Waals surface area contributed by atoms with Crippen LogP contribution < -0.4 is 10.1 Å². The quantitative estimate of drug-likeness (QED) is 0.718. The summed E-state index contributed by atoms with van der Waals surface area (Å²) in [7, 11) is 1.64. The van der Waals surface area contributed by atoms with Crippen LogP contribution in [0.15, 0.2) is 46.5 Å². The van der Waals surface area contributed by atoms with Gasteiger partial charge >= 0.3 is 0 Å². The highest BCUT2D eigenvalue weighted by Crippen LogP contribution is 2.23. The lowest BCUT2D eigenvalue weighted by molar-refractivity contribution is -0.121. The van der Waals surface area contributed by atoms with Crippen LogP contribution in [-0.2, 0) is 11.2 Å². The summed E-state index contributed by atoms with van der Waals surface area (Å²) < 4.78 is 10.9. The second kappa shape index (κ2) is 9.22. The Hall–Kier alpha value is -2.56. The molecule has 0 bridgehead atoms. The number of allylic oxidation sites excluding steroid dienone is 1. The van der Waals surface area contributed by atoms with Gasteiger partial charge in [0.05, 0.1) is 13.3 Å². The van der Waals surface area contributed by atoms with E-state index < -0.39 is 0 Å². The fourth-order valence-electron chi connectivity index (χ4n) is 3.12. The van der Waals surface area contributed by atoms with Crippen molar-refractivity contribution in [3.8, 4) is 17.1 Å². The number of oxazole rings is 1. The van der Waals surface area contributed by atoms with E-state index >= 15 is 0 Å². The highest BCUT2D eigenvalue weighted by Gasteiger charge is 2.10. The van der Waals surface area contributed by atoms with E-state index in [1.54, 1.807) is 13.3 Å². The van der Waals surface area contributed by atoms with E-state index in [9.17, 15) is 4.79 Å². The number of carbonyl (C=O) groups is 1. The zero-order chi connectivity index (χ0) is 18.2. The molecule has 138 valence electrons. The van der Waals surface area contributed by atoms with E-state index in [0.717, 1.165) is 17.7 Å². The fraction of sp³-hybridized carbons (Fsp3) is 0.429. The summed E-state index contributed by atoms with van der Waals surface area (Å²) in [5.74, 6) is 2.13. The Balaban J connectivity index is 1.42. The molecule has 0 saturated heterocycles. The number of aryl methyl sites for hydroxylation is 1. The second-order valence-electron chi connectivity index (χ2n) is 6.55. The van der Waals surface area contributed by atoms with Gasteiger partial charge in [-0.05, 0) is 56.4 Å². The minimum absolute atomic E-state index is 0.0469. The molecule has 1 aromatic heterocycles. The van der Waals surface area contributed by atoms with Gasteiger partial charge in [-0.25, -0.2) is 4.98 Å². The molecule has 1 N–H and O–H groups in total. The molecule has 1 aliphatic rings.